The summed E-state index contributed by atoms with van der Waals surface area (Å²) in [6.07, 6.45) is -15.8. The van der Waals surface area contributed by atoms with Crippen LogP contribution >= 0.6 is 0 Å². The quantitative estimate of drug-likeness (QED) is 0.107. The summed E-state index contributed by atoms with van der Waals surface area (Å²) in [5.74, 6) is -0.631. The van der Waals surface area contributed by atoms with E-state index >= 15 is 0 Å². The summed E-state index contributed by atoms with van der Waals surface area (Å²) in [6.45, 7) is -40.5. The largest absolute Gasteiger partial charge is 0.510 e. The number of hydrogen-bond donors (Lipinski definition) is 0. The first-order valence-corrected chi connectivity index (χ1v) is 24.7. The molecule has 0 unspecified atom stereocenters. The number of para-hydroxylation sites is 2. The van der Waals surface area contributed by atoms with Crippen LogP contribution in [0.15, 0.2) is 200 Å². The molecule has 0 saturated carbocycles. The molecule has 0 atom stereocenters. The van der Waals surface area contributed by atoms with Crippen molar-refractivity contribution in [1.82, 2.24) is 14.1 Å². The van der Waals surface area contributed by atoms with Crippen LogP contribution in [0.5, 0.6) is 11.5 Å². The fourth-order valence-corrected chi connectivity index (χ4v) is 10.1. The molecule has 5 nitrogen and oxygen atoms in total. The van der Waals surface area contributed by atoms with E-state index in [1.54, 1.807) is 30.3 Å². The predicted molar refractivity (Wildman–Crippen MR) is 337 cm³/mol. The van der Waals surface area contributed by atoms with E-state index in [9.17, 15) is 21.9 Å². The molecule has 14 rings (SSSR count). The molecule has 3 aromatic heterocycles. The van der Waals surface area contributed by atoms with E-state index in [0.29, 0.717) is 16.3 Å². The van der Waals surface area contributed by atoms with Crippen LogP contribution in [0.1, 0.15) is 178 Å². The first kappa shape index (κ1) is 21.5. The Morgan fingerprint density at radius 2 is 1.16 bits per heavy atom. The molecule has 0 spiro atoms. The van der Waals surface area contributed by atoms with Crippen molar-refractivity contribution in [3.63, 3.8) is 0 Å². The molecule has 414 valence electrons. The summed E-state index contributed by atoms with van der Waals surface area (Å²) in [7, 11) is 0. The number of ether oxygens (including phenoxy) is 1. The fraction of sp³-hybridized carbons (Fsp3) is 0.221. The van der Waals surface area contributed by atoms with Crippen LogP contribution in [0.25, 0.3) is 94.5 Å². The molecule has 6 heteroatoms. The number of imidazole rings is 1. The molecule has 0 radical (unpaired) electrons. The topological polar surface area (TPSA) is 35.9 Å². The van der Waals surface area contributed by atoms with Gasteiger partial charge in [0.2, 0.25) is 0 Å². The van der Waals surface area contributed by atoms with Gasteiger partial charge in [0.05, 0.1) is 38.7 Å². The number of hydrogen-bond acceptors (Lipinski definition) is 2. The third kappa shape index (κ3) is 9.37. The molecule has 0 fully saturated rings. The number of nitrogens with zero attached hydrogens (tertiary/aromatic N) is 4. The Bertz CT molecular complexity index is 6650. The Balaban J connectivity index is 0.0000152. The van der Waals surface area contributed by atoms with Crippen LogP contribution in [0.3, 0.4) is 0 Å². The van der Waals surface area contributed by atoms with E-state index in [1.165, 1.54) is 28.8 Å². The Morgan fingerprint density at radius 3 is 1.81 bits per heavy atom. The van der Waals surface area contributed by atoms with E-state index in [4.69, 9.17) is 52.7 Å². The zero-order valence-corrected chi connectivity index (χ0v) is 44.6. The second-order valence-electron chi connectivity index (χ2n) is 19.2. The third-order valence-electron chi connectivity index (χ3n) is 13.9. The first-order valence-electron chi connectivity index (χ1n) is 50.2. The van der Waals surface area contributed by atoms with Crippen molar-refractivity contribution >= 4 is 32.8 Å². The van der Waals surface area contributed by atoms with Gasteiger partial charge in [-0.2, -0.15) is 18.2 Å². The number of aromatic nitrogens is 4. The maximum absolute atomic E-state index is 10.5. The van der Waals surface area contributed by atoms with Gasteiger partial charge in [0.1, 0.15) is 5.82 Å². The second-order valence-corrected chi connectivity index (χ2v) is 19.2. The number of aryl methyl sites for hydroxylation is 1. The molecule has 3 heterocycles. The smallest absolute Gasteiger partial charge is 0.268 e. The van der Waals surface area contributed by atoms with E-state index in [0.717, 1.165) is 57.8 Å². The molecular formula is C77H68N4OPt-2. The monoisotopic (exact) mass is 1310 g/mol. The van der Waals surface area contributed by atoms with Gasteiger partial charge in [-0.15, -0.1) is 29.7 Å². The van der Waals surface area contributed by atoms with Gasteiger partial charge in [-0.25, -0.2) is 4.98 Å². The Labute approximate surface area is 575 Å². The van der Waals surface area contributed by atoms with Crippen LogP contribution in [0.2, 0.25) is 0 Å². The van der Waals surface area contributed by atoms with Crippen molar-refractivity contribution in [3.8, 4) is 73.2 Å². The van der Waals surface area contributed by atoms with Crippen LogP contribution in [0.4, 0.5) is 0 Å². The summed E-state index contributed by atoms with van der Waals surface area (Å²) < 4.78 is 478. The van der Waals surface area contributed by atoms with E-state index in [-0.39, 0.29) is 60.7 Å². The van der Waals surface area contributed by atoms with Gasteiger partial charge in [0.25, 0.3) is 6.33 Å². The van der Waals surface area contributed by atoms with Crippen molar-refractivity contribution < 1.29 is 100 Å². The molecule has 0 amide bonds. The molecular weight excluding hydrogens is 1190 g/mol. The van der Waals surface area contributed by atoms with Crippen molar-refractivity contribution in [3.05, 3.63) is 246 Å². The van der Waals surface area contributed by atoms with Crippen molar-refractivity contribution in [2.45, 2.75) is 109 Å². The van der Waals surface area contributed by atoms with E-state index in [1.807, 2.05) is 0 Å². The Kier molecular flexibility index (Phi) is 5.27. The molecule has 0 saturated heterocycles. The van der Waals surface area contributed by atoms with Crippen molar-refractivity contribution in [2.24, 2.45) is 0 Å². The first-order chi connectivity index (χ1) is 60.5. The third-order valence-corrected chi connectivity index (χ3v) is 13.9. The molecule has 2 aliphatic rings. The zero-order chi connectivity index (χ0) is 99.9. The molecule has 0 bridgehead atoms. The van der Waals surface area contributed by atoms with Gasteiger partial charge in [0, 0.05) is 97.8 Å². The van der Waals surface area contributed by atoms with Crippen LogP contribution < -0.4 is 9.30 Å². The number of pyridine rings is 1. The zero-order valence-electron chi connectivity index (χ0n) is 93.3. The average molecular weight is 1310 g/mol. The summed E-state index contributed by atoms with van der Waals surface area (Å²) >= 11 is 0. The molecule has 0 N–H and O–H groups in total. The number of rotatable bonds is 9. The van der Waals surface area contributed by atoms with Gasteiger partial charge in [-0.3, -0.25) is 4.57 Å². The van der Waals surface area contributed by atoms with Gasteiger partial charge in [0.15, 0.2) is 0 Å². The maximum Gasteiger partial charge on any atom is 0.268 e. The van der Waals surface area contributed by atoms with Crippen LogP contribution in [-0.4, -0.2) is 14.1 Å². The minimum atomic E-state index is -4.98. The predicted octanol–water partition coefficient (Wildman–Crippen LogP) is 19.3. The van der Waals surface area contributed by atoms with Crippen LogP contribution in [0, 0.1) is 25.3 Å². The number of fused-ring (bicyclic) bond motifs is 6. The summed E-state index contributed by atoms with van der Waals surface area (Å²) in [5.41, 5.74) is -36.7. The van der Waals surface area contributed by atoms with Crippen LogP contribution in [-0.2, 0) is 42.7 Å². The van der Waals surface area contributed by atoms with Crippen molar-refractivity contribution in [2.75, 3.05) is 0 Å². The minimum absolute atomic E-state index is 0. The average Bonchev–Trinajstić information content (AvgIpc) is 0.708. The van der Waals surface area contributed by atoms with Gasteiger partial charge in [-0.05, 0) is 150 Å². The maximum atomic E-state index is 10.5. The minimum Gasteiger partial charge on any atom is -0.510 e. The molecule has 12 aromatic rings. The molecule has 9 aromatic carbocycles. The SMILES string of the molecule is [2H]c1c([2H])c([2H])c(-c2ccc3c(c2)n(-c2[c-]c(Oc4[c-]c5c(cc4)c4ccccc4n5-c4cc(C([2H])([2H])[2H])c(-c5c([2H])c([2H])c([2H])c([2H])c5[2H])cn4)ccc2)[c-][n+]3-c2c(-c3c([2H])c([2H])c4c(c3[2H])C(C([2H])([2H])[2H])(C([2H])([2H])[2H])C([2H])([2H])C([2H])([2H])C4(C([2H])([2H])[2H])C([2H])([2H])[2H])cccc2-c2c([2H])c([2H])c3c(c2[2H])C(C([2H])([2H])[2H])(C([2H])([2H])[2H])C([2H])([2H])C([2H])([2H])C3(C([2H])([2H])[2H])C([2H])([2H])[2H])c([2H])c1[2H].[Pt]. The summed E-state index contributed by atoms with van der Waals surface area (Å²) in [4.78, 5) is 4.59. The molecule has 2 aliphatic carbocycles. The molecule has 0 aliphatic heterocycles. The second kappa shape index (κ2) is 20.3. The molecule has 83 heavy (non-hydrogen) atoms. The van der Waals surface area contributed by atoms with Gasteiger partial charge < -0.3 is 13.9 Å². The van der Waals surface area contributed by atoms with E-state index < -0.39 is 283 Å². The van der Waals surface area contributed by atoms with Crippen molar-refractivity contribution in [1.29, 1.82) is 0 Å². The van der Waals surface area contributed by atoms with Gasteiger partial charge >= 0.3 is 0 Å². The Hall–Kier alpha value is -8.11. The van der Waals surface area contributed by atoms with Gasteiger partial charge in [-0.1, -0.05) is 206 Å². The van der Waals surface area contributed by atoms with E-state index in [2.05, 4.69) is 23.4 Å². The summed E-state index contributed by atoms with van der Waals surface area (Å²) in [6, 6.07) is 6.68. The Morgan fingerprint density at radius 1 is 0.542 bits per heavy atom. The number of benzene rings is 9. The normalized spacial score (nSPS) is 28.4. The fourth-order valence-electron chi connectivity index (χ4n) is 10.1. The summed E-state index contributed by atoms with van der Waals surface area (Å²) in [5, 5.41) is 0.930. The standard InChI is InChI=1S/C77H68N4O.Pt/c1-50-42-72(78-48-63(50)52-22-14-11-15-23-52)81-68-29-17-16-26-61(68)62-34-33-58(47-70(62)81)82-57-25-18-24-56(46-57)79-49-80(69-37-32-53(45-71(69)79)51-20-12-10-13-21-51)73-59(54-30-35-64-66(43-54)76(6,7)40-38-74(64,2)3)27-19-28-60(73)55-31-36-65-67(44-55)77(8,9)41-39-75(65,4)5;/h10-37,42-45,48H,38-41H2,1-9H3;/q-2;/i1D3,2D3,3D3,4D3,5D3,6D3,7D3,8D3,9D3,10D,11D,12D,13D,14D,15D,20D,21D,22D,23D,30D,31D,35D,36D,38D2,39D2,40D2,41D2,43D,44D;.